The Balaban J connectivity index is 2.09. The molecule has 1 N–H and O–H groups in total. The number of hydrogen-bond donors (Lipinski definition) is 1. The van der Waals surface area contributed by atoms with Crippen LogP contribution in [0.3, 0.4) is 0 Å². The average Bonchev–Trinajstić information content (AvgIpc) is 2.99. The topological polar surface area (TPSA) is 21.3 Å². The molecule has 2 nitrogen and oxygen atoms in total. The van der Waals surface area contributed by atoms with Gasteiger partial charge >= 0.3 is 0 Å². The zero-order valence-electron chi connectivity index (χ0n) is 8.84. The minimum absolute atomic E-state index is 0.381. The van der Waals surface area contributed by atoms with Gasteiger partial charge in [-0.1, -0.05) is 12.1 Å². The molecule has 0 aromatic heterocycles. The molecule has 1 aromatic rings. The van der Waals surface area contributed by atoms with Crippen LogP contribution in [-0.2, 0) is 6.42 Å². The summed E-state index contributed by atoms with van der Waals surface area (Å²) in [6.07, 6.45) is 3.70. The lowest BCUT2D eigenvalue weighted by molar-refractivity contribution is 0.413. The highest BCUT2D eigenvalue weighted by atomic mass is 16.5. The Labute approximate surface area is 85.3 Å². The monoisotopic (exact) mass is 191 g/mol. The molecular weight excluding hydrogens is 174 g/mol. The summed E-state index contributed by atoms with van der Waals surface area (Å²) in [4.78, 5) is 0. The normalized spacial score (nSPS) is 17.9. The van der Waals surface area contributed by atoms with Gasteiger partial charge in [0.15, 0.2) is 0 Å². The molecule has 0 bridgehead atoms. The Morgan fingerprint density at radius 2 is 2.21 bits per heavy atom. The highest BCUT2D eigenvalue weighted by molar-refractivity contribution is 5.30. The van der Waals surface area contributed by atoms with Crippen molar-refractivity contribution in [3.8, 4) is 5.75 Å². The molecule has 1 saturated carbocycles. The first-order valence-electron chi connectivity index (χ1n) is 5.10. The summed E-state index contributed by atoms with van der Waals surface area (Å²) in [5.41, 5.74) is 1.74. The summed E-state index contributed by atoms with van der Waals surface area (Å²) in [7, 11) is 3.76. The molecule has 0 amide bonds. The van der Waals surface area contributed by atoms with E-state index < -0.39 is 0 Å². The fourth-order valence-corrected chi connectivity index (χ4v) is 1.84. The van der Waals surface area contributed by atoms with Crippen LogP contribution >= 0.6 is 0 Å². The van der Waals surface area contributed by atoms with Gasteiger partial charge in [-0.05, 0) is 44.0 Å². The van der Waals surface area contributed by atoms with E-state index in [1.54, 1.807) is 7.11 Å². The van der Waals surface area contributed by atoms with E-state index >= 15 is 0 Å². The van der Waals surface area contributed by atoms with Crippen molar-refractivity contribution < 1.29 is 4.74 Å². The maximum atomic E-state index is 5.20. The van der Waals surface area contributed by atoms with Crippen molar-refractivity contribution in [1.82, 2.24) is 5.32 Å². The Kier molecular flexibility index (Phi) is 2.46. The maximum Gasteiger partial charge on any atom is 0.119 e. The second-order valence-corrected chi connectivity index (χ2v) is 4.06. The third kappa shape index (κ3) is 1.90. The van der Waals surface area contributed by atoms with Crippen LogP contribution in [0.25, 0.3) is 0 Å². The summed E-state index contributed by atoms with van der Waals surface area (Å²) >= 11 is 0. The van der Waals surface area contributed by atoms with Crippen molar-refractivity contribution in [2.45, 2.75) is 24.8 Å². The van der Waals surface area contributed by atoms with E-state index in [4.69, 9.17) is 4.74 Å². The summed E-state index contributed by atoms with van der Waals surface area (Å²) in [5, 5.41) is 3.40. The molecule has 1 aliphatic carbocycles. The number of nitrogens with one attached hydrogen (secondary N) is 1. The van der Waals surface area contributed by atoms with Crippen molar-refractivity contribution in [2.24, 2.45) is 0 Å². The first-order chi connectivity index (χ1) is 6.78. The molecule has 76 valence electrons. The smallest absolute Gasteiger partial charge is 0.119 e. The van der Waals surface area contributed by atoms with Gasteiger partial charge in [0, 0.05) is 5.54 Å². The van der Waals surface area contributed by atoms with Gasteiger partial charge in [-0.25, -0.2) is 0 Å². The van der Waals surface area contributed by atoms with Gasteiger partial charge in [0.2, 0.25) is 0 Å². The molecular formula is C12H17NO. The third-order valence-electron chi connectivity index (χ3n) is 3.06. The molecule has 0 radical (unpaired) electrons. The molecule has 0 saturated heterocycles. The molecule has 1 aliphatic rings. The van der Waals surface area contributed by atoms with Gasteiger partial charge < -0.3 is 10.1 Å². The molecule has 14 heavy (non-hydrogen) atoms. The highest BCUT2D eigenvalue weighted by Gasteiger charge is 2.40. The summed E-state index contributed by atoms with van der Waals surface area (Å²) < 4.78 is 5.20. The molecule has 1 aromatic carbocycles. The van der Waals surface area contributed by atoms with E-state index in [2.05, 4.69) is 23.5 Å². The summed E-state index contributed by atoms with van der Waals surface area (Å²) in [6, 6.07) is 8.33. The molecule has 2 rings (SSSR count). The zero-order chi connectivity index (χ0) is 10.0. The number of benzene rings is 1. The first-order valence-corrected chi connectivity index (χ1v) is 5.10. The second kappa shape index (κ2) is 3.62. The number of hydrogen-bond acceptors (Lipinski definition) is 2. The Morgan fingerprint density at radius 3 is 2.79 bits per heavy atom. The van der Waals surface area contributed by atoms with Crippen LogP contribution in [0.2, 0.25) is 0 Å². The fraction of sp³-hybridized carbons (Fsp3) is 0.500. The quantitative estimate of drug-likeness (QED) is 0.786. The highest BCUT2D eigenvalue weighted by Crippen LogP contribution is 2.38. The molecule has 0 spiro atoms. The van der Waals surface area contributed by atoms with E-state index in [0.717, 1.165) is 12.2 Å². The van der Waals surface area contributed by atoms with Gasteiger partial charge in [0.1, 0.15) is 5.75 Å². The first kappa shape index (κ1) is 9.53. The van der Waals surface area contributed by atoms with Crippen molar-refractivity contribution in [3.05, 3.63) is 29.8 Å². The van der Waals surface area contributed by atoms with Gasteiger partial charge in [-0.2, -0.15) is 0 Å². The van der Waals surface area contributed by atoms with Crippen molar-refractivity contribution in [2.75, 3.05) is 14.2 Å². The van der Waals surface area contributed by atoms with Gasteiger partial charge in [0.25, 0.3) is 0 Å². The SMILES string of the molecule is CNC1(Cc2cccc(OC)c2)CC1. The van der Waals surface area contributed by atoms with Crippen molar-refractivity contribution in [3.63, 3.8) is 0 Å². The van der Waals surface area contributed by atoms with Gasteiger partial charge in [0.05, 0.1) is 7.11 Å². The fourth-order valence-electron chi connectivity index (χ4n) is 1.84. The standard InChI is InChI=1S/C12H17NO/c1-13-12(6-7-12)9-10-4-3-5-11(8-10)14-2/h3-5,8,13H,6-7,9H2,1-2H3. The minimum atomic E-state index is 0.381. The Morgan fingerprint density at radius 1 is 1.43 bits per heavy atom. The second-order valence-electron chi connectivity index (χ2n) is 4.06. The van der Waals surface area contributed by atoms with E-state index in [0.29, 0.717) is 5.54 Å². The van der Waals surface area contributed by atoms with Crippen LogP contribution in [0.15, 0.2) is 24.3 Å². The van der Waals surface area contributed by atoms with Crippen LogP contribution in [0.5, 0.6) is 5.75 Å². The van der Waals surface area contributed by atoms with Gasteiger partial charge in [-0.3, -0.25) is 0 Å². The van der Waals surface area contributed by atoms with Crippen LogP contribution in [0.1, 0.15) is 18.4 Å². The lowest BCUT2D eigenvalue weighted by Crippen LogP contribution is -2.29. The maximum absolute atomic E-state index is 5.20. The van der Waals surface area contributed by atoms with Gasteiger partial charge in [-0.15, -0.1) is 0 Å². The van der Waals surface area contributed by atoms with Crippen molar-refractivity contribution >= 4 is 0 Å². The predicted molar refractivity (Wildman–Crippen MR) is 57.7 cm³/mol. The average molecular weight is 191 g/mol. The molecule has 0 aliphatic heterocycles. The van der Waals surface area contributed by atoms with Crippen LogP contribution in [-0.4, -0.2) is 19.7 Å². The molecule has 2 heteroatoms. The zero-order valence-corrected chi connectivity index (χ0v) is 8.84. The third-order valence-corrected chi connectivity index (χ3v) is 3.06. The minimum Gasteiger partial charge on any atom is -0.497 e. The Bertz CT molecular complexity index is 318. The molecule has 0 unspecified atom stereocenters. The summed E-state index contributed by atoms with van der Waals surface area (Å²) in [5.74, 6) is 0.953. The van der Waals surface area contributed by atoms with Crippen LogP contribution < -0.4 is 10.1 Å². The predicted octanol–water partition coefficient (Wildman–Crippen LogP) is 1.99. The molecule has 0 atom stereocenters. The van der Waals surface area contributed by atoms with E-state index in [9.17, 15) is 0 Å². The Hall–Kier alpha value is -1.02. The number of likely N-dealkylation sites (N-methyl/N-ethyl adjacent to an activating group) is 1. The molecule has 1 fully saturated rings. The lowest BCUT2D eigenvalue weighted by atomic mass is 10.0. The van der Waals surface area contributed by atoms with E-state index in [1.807, 2.05) is 13.1 Å². The number of ether oxygens (including phenoxy) is 1. The molecule has 0 heterocycles. The van der Waals surface area contributed by atoms with Crippen molar-refractivity contribution in [1.29, 1.82) is 0 Å². The van der Waals surface area contributed by atoms with Crippen LogP contribution in [0, 0.1) is 0 Å². The number of methoxy groups -OCH3 is 1. The van der Waals surface area contributed by atoms with Crippen LogP contribution in [0.4, 0.5) is 0 Å². The summed E-state index contributed by atoms with van der Waals surface area (Å²) in [6.45, 7) is 0. The number of rotatable bonds is 4. The lowest BCUT2D eigenvalue weighted by Gasteiger charge is -2.14. The van der Waals surface area contributed by atoms with E-state index in [1.165, 1.54) is 18.4 Å². The largest absolute Gasteiger partial charge is 0.497 e. The van der Waals surface area contributed by atoms with E-state index in [-0.39, 0.29) is 0 Å².